The molecule has 0 bridgehead atoms. The molecular formula is C10H13NO3. The van der Waals surface area contributed by atoms with Gasteiger partial charge < -0.3 is 9.64 Å². The fourth-order valence-electron chi connectivity index (χ4n) is 3.15. The second kappa shape index (κ2) is 2.49. The van der Waals surface area contributed by atoms with Crippen LogP contribution in [0, 0.1) is 17.8 Å². The predicted octanol–water partition coefficient (Wildman–Crippen LogP) is 0.662. The monoisotopic (exact) mass is 195 g/mol. The molecule has 0 N–H and O–H groups in total. The van der Waals surface area contributed by atoms with Crippen molar-refractivity contribution >= 4 is 11.9 Å². The molecule has 0 spiro atoms. The predicted molar refractivity (Wildman–Crippen MR) is 47.6 cm³/mol. The molecule has 3 rings (SSSR count). The van der Waals surface area contributed by atoms with Gasteiger partial charge in [0.1, 0.15) is 12.4 Å². The van der Waals surface area contributed by atoms with Gasteiger partial charge in [-0.15, -0.1) is 0 Å². The van der Waals surface area contributed by atoms with Crippen LogP contribution in [0.25, 0.3) is 0 Å². The van der Waals surface area contributed by atoms with Gasteiger partial charge in [0.2, 0.25) is 0 Å². The van der Waals surface area contributed by atoms with Gasteiger partial charge in [0.25, 0.3) is 0 Å². The normalized spacial score (nSPS) is 45.4. The average Bonchev–Trinajstić information content (AvgIpc) is 2.74. The summed E-state index contributed by atoms with van der Waals surface area (Å²) in [5, 5.41) is 0. The van der Waals surface area contributed by atoms with Crippen LogP contribution >= 0.6 is 0 Å². The van der Waals surface area contributed by atoms with Gasteiger partial charge in [-0.1, -0.05) is 6.92 Å². The molecule has 0 aromatic carbocycles. The second-order valence-corrected chi connectivity index (χ2v) is 4.58. The zero-order chi connectivity index (χ0) is 9.87. The summed E-state index contributed by atoms with van der Waals surface area (Å²) in [6.07, 6.45) is 0.452. The van der Waals surface area contributed by atoms with Crippen LogP contribution in [0.3, 0.4) is 0 Å². The van der Waals surface area contributed by atoms with Crippen LogP contribution in [0.5, 0.6) is 0 Å². The molecule has 3 aliphatic rings. The summed E-state index contributed by atoms with van der Waals surface area (Å²) < 4.78 is 4.97. The number of nitrogens with zero attached hydrogens (tertiary/aromatic N) is 1. The maximum absolute atomic E-state index is 11.5. The van der Waals surface area contributed by atoms with E-state index in [1.54, 1.807) is 4.90 Å². The summed E-state index contributed by atoms with van der Waals surface area (Å²) in [6, 6.07) is 0.182. The number of Topliss-reactive ketones (excluding diaryl/α,β-unsaturated/α-hetero) is 1. The number of hydrogen-bond donors (Lipinski definition) is 0. The highest BCUT2D eigenvalue weighted by Crippen LogP contribution is 2.45. The van der Waals surface area contributed by atoms with E-state index in [4.69, 9.17) is 4.74 Å². The molecule has 4 nitrogen and oxygen atoms in total. The van der Waals surface area contributed by atoms with Gasteiger partial charge in [0, 0.05) is 18.9 Å². The Morgan fingerprint density at radius 3 is 2.93 bits per heavy atom. The number of carbonyl (C=O) groups is 2. The number of amides is 1. The van der Waals surface area contributed by atoms with Crippen LogP contribution < -0.4 is 0 Å². The van der Waals surface area contributed by atoms with Crippen molar-refractivity contribution in [3.8, 4) is 0 Å². The van der Waals surface area contributed by atoms with E-state index >= 15 is 0 Å². The summed E-state index contributed by atoms with van der Waals surface area (Å²) in [7, 11) is 0. The van der Waals surface area contributed by atoms with Crippen molar-refractivity contribution in [1.82, 2.24) is 4.90 Å². The van der Waals surface area contributed by atoms with Crippen LogP contribution in [0.1, 0.15) is 13.3 Å². The first-order chi connectivity index (χ1) is 6.68. The highest BCUT2D eigenvalue weighted by Gasteiger charge is 2.55. The maximum atomic E-state index is 11.5. The molecule has 14 heavy (non-hydrogen) atoms. The first kappa shape index (κ1) is 8.26. The molecule has 2 heterocycles. The van der Waals surface area contributed by atoms with Crippen LogP contribution in [0.2, 0.25) is 0 Å². The van der Waals surface area contributed by atoms with E-state index in [1.165, 1.54) is 0 Å². The minimum absolute atomic E-state index is 0.137. The molecule has 2 aliphatic heterocycles. The number of ketones is 1. The molecule has 0 aromatic rings. The summed E-state index contributed by atoms with van der Waals surface area (Å²) in [6.45, 7) is 3.20. The minimum atomic E-state index is -0.191. The number of carbonyl (C=O) groups excluding carboxylic acids is 2. The van der Waals surface area contributed by atoms with Gasteiger partial charge in [-0.25, -0.2) is 4.79 Å². The smallest absolute Gasteiger partial charge is 0.410 e. The largest absolute Gasteiger partial charge is 0.447 e. The number of fused-ring (bicyclic) bond motifs is 3. The van der Waals surface area contributed by atoms with E-state index < -0.39 is 0 Å². The molecule has 1 amide bonds. The first-order valence-electron chi connectivity index (χ1n) is 5.14. The Hall–Kier alpha value is -1.06. The van der Waals surface area contributed by atoms with Crippen molar-refractivity contribution in [2.45, 2.75) is 19.4 Å². The van der Waals surface area contributed by atoms with Crippen LogP contribution in [-0.4, -0.2) is 36.0 Å². The Balaban J connectivity index is 1.89. The molecule has 4 heteroatoms. The Kier molecular flexibility index (Phi) is 1.47. The summed E-state index contributed by atoms with van der Waals surface area (Å²) >= 11 is 0. The molecule has 3 fully saturated rings. The van der Waals surface area contributed by atoms with Crippen molar-refractivity contribution in [3.63, 3.8) is 0 Å². The molecule has 2 saturated heterocycles. The first-order valence-corrected chi connectivity index (χ1v) is 5.14. The fraction of sp³-hybridized carbons (Fsp3) is 0.800. The number of hydrogen-bond acceptors (Lipinski definition) is 3. The summed E-state index contributed by atoms with van der Waals surface area (Å²) in [5.41, 5.74) is 0. The average molecular weight is 195 g/mol. The van der Waals surface area contributed by atoms with Gasteiger partial charge >= 0.3 is 6.09 Å². The summed E-state index contributed by atoms with van der Waals surface area (Å²) in [4.78, 5) is 24.6. The number of ether oxygens (including phenoxy) is 1. The SMILES string of the molecule is C[C@@H]1C(=O)C[C@H]2[C@@H]1CN1C(=O)OC[C@H]21. The van der Waals surface area contributed by atoms with Crippen LogP contribution in [0.15, 0.2) is 0 Å². The molecule has 1 saturated carbocycles. The second-order valence-electron chi connectivity index (χ2n) is 4.58. The topological polar surface area (TPSA) is 46.6 Å². The maximum Gasteiger partial charge on any atom is 0.410 e. The zero-order valence-corrected chi connectivity index (χ0v) is 8.10. The Morgan fingerprint density at radius 2 is 2.14 bits per heavy atom. The Bertz CT molecular complexity index is 310. The molecular weight excluding hydrogens is 182 g/mol. The molecule has 0 radical (unpaired) electrons. The third-order valence-electron chi connectivity index (χ3n) is 4.05. The minimum Gasteiger partial charge on any atom is -0.447 e. The van der Waals surface area contributed by atoms with Crippen LogP contribution in [0.4, 0.5) is 4.79 Å². The van der Waals surface area contributed by atoms with E-state index in [1.807, 2.05) is 6.92 Å². The third kappa shape index (κ3) is 0.837. The van der Waals surface area contributed by atoms with Gasteiger partial charge in [-0.05, 0) is 11.8 Å². The number of cyclic esters (lactones) is 1. The highest BCUT2D eigenvalue weighted by molar-refractivity contribution is 5.84. The van der Waals surface area contributed by atoms with E-state index in [9.17, 15) is 9.59 Å². The van der Waals surface area contributed by atoms with Crippen molar-refractivity contribution < 1.29 is 14.3 Å². The lowest BCUT2D eigenvalue weighted by molar-refractivity contribution is -0.121. The van der Waals surface area contributed by atoms with Crippen molar-refractivity contribution in [1.29, 1.82) is 0 Å². The summed E-state index contributed by atoms with van der Waals surface area (Å²) in [5.74, 6) is 1.25. The standard InChI is InChI=1S/C10H13NO3/c1-5-7-3-11-8(4-14-10(11)13)6(7)2-9(5)12/h5-8H,2-4H2,1H3/t5-,6-,7+,8+/m0/s1. The molecule has 76 valence electrons. The lowest BCUT2D eigenvalue weighted by atomic mass is 9.90. The van der Waals surface area contributed by atoms with Gasteiger partial charge in [-0.3, -0.25) is 4.79 Å². The third-order valence-corrected chi connectivity index (χ3v) is 4.05. The lowest BCUT2D eigenvalue weighted by Crippen LogP contribution is -2.31. The fourth-order valence-corrected chi connectivity index (χ4v) is 3.15. The molecule has 4 atom stereocenters. The van der Waals surface area contributed by atoms with E-state index in [0.29, 0.717) is 30.6 Å². The quantitative estimate of drug-likeness (QED) is 0.570. The van der Waals surface area contributed by atoms with E-state index in [0.717, 1.165) is 6.54 Å². The molecule has 0 aromatic heterocycles. The highest BCUT2D eigenvalue weighted by atomic mass is 16.6. The van der Waals surface area contributed by atoms with Gasteiger partial charge in [0.05, 0.1) is 6.04 Å². The lowest BCUT2D eigenvalue weighted by Gasteiger charge is -2.14. The number of rotatable bonds is 0. The van der Waals surface area contributed by atoms with Crippen molar-refractivity contribution in [3.05, 3.63) is 0 Å². The van der Waals surface area contributed by atoms with Crippen molar-refractivity contribution in [2.75, 3.05) is 13.2 Å². The van der Waals surface area contributed by atoms with Crippen molar-refractivity contribution in [2.24, 2.45) is 17.8 Å². The van der Waals surface area contributed by atoms with Gasteiger partial charge in [-0.2, -0.15) is 0 Å². The molecule has 0 unspecified atom stereocenters. The Morgan fingerprint density at radius 1 is 1.36 bits per heavy atom. The van der Waals surface area contributed by atoms with E-state index in [-0.39, 0.29) is 18.1 Å². The van der Waals surface area contributed by atoms with Crippen LogP contribution in [-0.2, 0) is 9.53 Å². The van der Waals surface area contributed by atoms with E-state index in [2.05, 4.69) is 0 Å². The Labute approximate surface area is 82.2 Å². The molecule has 1 aliphatic carbocycles. The zero-order valence-electron chi connectivity index (χ0n) is 8.10. The van der Waals surface area contributed by atoms with Gasteiger partial charge in [0.15, 0.2) is 0 Å².